The highest BCUT2D eigenvalue weighted by atomic mass is 16.5. The van der Waals surface area contributed by atoms with Gasteiger partial charge in [0.05, 0.1) is 19.8 Å². The van der Waals surface area contributed by atoms with E-state index in [-0.39, 0.29) is 31.2 Å². The average Bonchev–Trinajstić information content (AvgIpc) is 2.86. The molecule has 24 heavy (non-hydrogen) atoms. The molecule has 7 heteroatoms. The second-order valence-corrected chi connectivity index (χ2v) is 5.64. The summed E-state index contributed by atoms with van der Waals surface area (Å²) in [4.78, 5) is 26.1. The van der Waals surface area contributed by atoms with E-state index in [2.05, 4.69) is 5.10 Å². The van der Waals surface area contributed by atoms with Crippen molar-refractivity contribution in [2.24, 2.45) is 0 Å². The van der Waals surface area contributed by atoms with Crippen LogP contribution in [0.3, 0.4) is 0 Å². The maximum atomic E-state index is 12.1. The van der Waals surface area contributed by atoms with Gasteiger partial charge >= 0.3 is 5.97 Å². The molecule has 0 bridgehead atoms. The fraction of sp³-hybridized carbons (Fsp3) is 0.588. The number of carbonyl (C=O) groups is 2. The Morgan fingerprint density at radius 2 is 2.08 bits per heavy atom. The van der Waals surface area contributed by atoms with Gasteiger partial charge in [-0.15, -0.1) is 0 Å². The lowest BCUT2D eigenvalue weighted by Crippen LogP contribution is -2.12. The van der Waals surface area contributed by atoms with Crippen molar-refractivity contribution in [1.29, 1.82) is 0 Å². The molecule has 7 nitrogen and oxygen atoms in total. The molecule has 0 atom stereocenters. The van der Waals surface area contributed by atoms with Gasteiger partial charge in [0.2, 0.25) is 0 Å². The van der Waals surface area contributed by atoms with Crippen LogP contribution in [0.2, 0.25) is 0 Å². The van der Waals surface area contributed by atoms with Crippen molar-refractivity contribution in [3.8, 4) is 0 Å². The predicted octanol–water partition coefficient (Wildman–Crippen LogP) is 1.65. The molecule has 0 saturated heterocycles. The fourth-order valence-electron chi connectivity index (χ4n) is 2.43. The SMILES string of the molecule is CCOC(=O)c1nn(CCO)c(C(C)=O)c1CCCC=CN(C)C. The molecule has 0 amide bonds. The zero-order valence-electron chi connectivity index (χ0n) is 14.9. The van der Waals surface area contributed by atoms with Gasteiger partial charge in [-0.25, -0.2) is 4.79 Å². The minimum absolute atomic E-state index is 0.158. The van der Waals surface area contributed by atoms with Crippen LogP contribution in [0.1, 0.15) is 53.2 Å². The average molecular weight is 337 g/mol. The number of esters is 1. The number of nitrogens with zero attached hydrogens (tertiary/aromatic N) is 3. The first-order valence-corrected chi connectivity index (χ1v) is 8.14. The van der Waals surface area contributed by atoms with Crippen molar-refractivity contribution in [3.63, 3.8) is 0 Å². The Labute approximate surface area is 142 Å². The van der Waals surface area contributed by atoms with Crippen LogP contribution in [0.25, 0.3) is 0 Å². The molecular weight excluding hydrogens is 310 g/mol. The second-order valence-electron chi connectivity index (χ2n) is 5.64. The van der Waals surface area contributed by atoms with Crippen LogP contribution in [-0.4, -0.2) is 58.8 Å². The Kier molecular flexibility index (Phi) is 8.18. The smallest absolute Gasteiger partial charge is 0.359 e. The minimum Gasteiger partial charge on any atom is -0.461 e. The van der Waals surface area contributed by atoms with Gasteiger partial charge < -0.3 is 14.7 Å². The van der Waals surface area contributed by atoms with Crippen molar-refractivity contribution in [1.82, 2.24) is 14.7 Å². The minimum atomic E-state index is -0.532. The first-order chi connectivity index (χ1) is 11.4. The molecule has 0 saturated carbocycles. The Bertz CT molecular complexity index is 591. The normalized spacial score (nSPS) is 11.0. The van der Waals surface area contributed by atoms with Crippen molar-refractivity contribution in [3.05, 3.63) is 29.2 Å². The van der Waals surface area contributed by atoms with Crippen molar-refractivity contribution in [2.75, 3.05) is 27.3 Å². The van der Waals surface area contributed by atoms with E-state index in [0.717, 1.165) is 12.8 Å². The van der Waals surface area contributed by atoms with E-state index in [9.17, 15) is 9.59 Å². The molecule has 0 radical (unpaired) electrons. The summed E-state index contributed by atoms with van der Waals surface area (Å²) in [6.07, 6.45) is 6.15. The topological polar surface area (TPSA) is 84.7 Å². The van der Waals surface area contributed by atoms with Gasteiger partial charge in [0.1, 0.15) is 5.69 Å². The number of hydrogen-bond donors (Lipinski definition) is 1. The molecule has 1 aromatic heterocycles. The lowest BCUT2D eigenvalue weighted by Gasteiger charge is -2.06. The number of aliphatic hydroxyl groups excluding tert-OH is 1. The molecule has 0 aliphatic carbocycles. The van der Waals surface area contributed by atoms with E-state index in [4.69, 9.17) is 9.84 Å². The number of unbranched alkanes of at least 4 members (excludes halogenated alkanes) is 1. The van der Waals surface area contributed by atoms with Crippen LogP contribution in [0.15, 0.2) is 12.3 Å². The van der Waals surface area contributed by atoms with Crippen LogP contribution < -0.4 is 0 Å². The molecule has 0 fully saturated rings. The summed E-state index contributed by atoms with van der Waals surface area (Å²) in [5.41, 5.74) is 1.16. The molecule has 0 aliphatic rings. The third-order valence-corrected chi connectivity index (χ3v) is 3.37. The van der Waals surface area contributed by atoms with Crippen LogP contribution in [0, 0.1) is 0 Å². The number of hydrogen-bond acceptors (Lipinski definition) is 6. The monoisotopic (exact) mass is 337 g/mol. The molecular formula is C17H27N3O4. The molecule has 1 heterocycles. The number of rotatable bonds is 10. The molecule has 134 valence electrons. The van der Waals surface area contributed by atoms with Crippen LogP contribution in [0.5, 0.6) is 0 Å². The summed E-state index contributed by atoms with van der Waals surface area (Å²) >= 11 is 0. The van der Waals surface area contributed by atoms with Gasteiger partial charge in [-0.3, -0.25) is 9.48 Å². The van der Waals surface area contributed by atoms with Gasteiger partial charge in [0.15, 0.2) is 11.5 Å². The maximum absolute atomic E-state index is 12.1. The Morgan fingerprint density at radius 3 is 2.62 bits per heavy atom. The highest BCUT2D eigenvalue weighted by molar-refractivity contribution is 5.98. The summed E-state index contributed by atoms with van der Waals surface area (Å²) < 4.78 is 6.45. The third-order valence-electron chi connectivity index (χ3n) is 3.37. The molecule has 0 aliphatic heterocycles. The van der Waals surface area contributed by atoms with Gasteiger partial charge in [0.25, 0.3) is 0 Å². The van der Waals surface area contributed by atoms with E-state index >= 15 is 0 Å². The summed E-state index contributed by atoms with van der Waals surface area (Å²) in [5.74, 6) is -0.708. The zero-order chi connectivity index (χ0) is 18.1. The Morgan fingerprint density at radius 1 is 1.38 bits per heavy atom. The fourth-order valence-corrected chi connectivity index (χ4v) is 2.43. The first-order valence-electron chi connectivity index (χ1n) is 8.14. The highest BCUT2D eigenvalue weighted by Gasteiger charge is 2.25. The molecule has 0 aromatic carbocycles. The number of ether oxygens (including phenoxy) is 1. The summed E-state index contributed by atoms with van der Waals surface area (Å²) in [6, 6.07) is 0. The van der Waals surface area contributed by atoms with Crippen LogP contribution in [-0.2, 0) is 17.7 Å². The molecule has 1 aromatic rings. The van der Waals surface area contributed by atoms with Gasteiger partial charge in [-0.05, 0) is 32.4 Å². The number of allylic oxidation sites excluding steroid dienone is 1. The second kappa shape index (κ2) is 9.87. The summed E-state index contributed by atoms with van der Waals surface area (Å²) in [5, 5.41) is 13.4. The highest BCUT2D eigenvalue weighted by Crippen LogP contribution is 2.19. The van der Waals surface area contributed by atoms with E-state index in [0.29, 0.717) is 17.7 Å². The number of Topliss-reactive ketones (excluding diaryl/α,β-unsaturated/α-hetero) is 1. The van der Waals surface area contributed by atoms with Crippen LogP contribution in [0.4, 0.5) is 0 Å². The van der Waals surface area contributed by atoms with Gasteiger partial charge in [-0.2, -0.15) is 5.10 Å². The standard InChI is InChI=1S/C17H27N3O4/c1-5-24-17(23)15-14(9-7-6-8-10-19(3)4)16(13(2)22)20(18-15)11-12-21/h8,10,21H,5-7,9,11-12H2,1-4H3. The van der Waals surface area contributed by atoms with Crippen molar-refractivity contribution < 1.29 is 19.4 Å². The van der Waals surface area contributed by atoms with E-state index in [1.54, 1.807) is 6.92 Å². The number of aliphatic hydroxyl groups is 1. The third kappa shape index (κ3) is 5.49. The number of carbonyl (C=O) groups excluding carboxylic acids is 2. The molecule has 1 rings (SSSR count). The maximum Gasteiger partial charge on any atom is 0.359 e. The predicted molar refractivity (Wildman–Crippen MR) is 91.0 cm³/mol. The number of ketones is 1. The lowest BCUT2D eigenvalue weighted by molar-refractivity contribution is 0.0516. The van der Waals surface area contributed by atoms with E-state index < -0.39 is 5.97 Å². The lowest BCUT2D eigenvalue weighted by atomic mass is 10.0. The molecule has 0 spiro atoms. The Hall–Kier alpha value is -2.15. The van der Waals surface area contributed by atoms with Crippen LogP contribution >= 0.6 is 0 Å². The summed E-state index contributed by atoms with van der Waals surface area (Å²) in [6.45, 7) is 3.42. The van der Waals surface area contributed by atoms with Crippen molar-refractivity contribution in [2.45, 2.75) is 39.7 Å². The molecule has 0 unspecified atom stereocenters. The summed E-state index contributed by atoms with van der Waals surface area (Å²) in [7, 11) is 3.89. The van der Waals surface area contributed by atoms with E-state index in [1.165, 1.54) is 11.6 Å². The van der Waals surface area contributed by atoms with Crippen molar-refractivity contribution >= 4 is 11.8 Å². The van der Waals surface area contributed by atoms with Gasteiger partial charge in [0, 0.05) is 26.6 Å². The molecule has 1 N–H and O–H groups in total. The first kappa shape index (κ1) is 19.9. The van der Waals surface area contributed by atoms with E-state index in [1.807, 2.05) is 31.3 Å². The largest absolute Gasteiger partial charge is 0.461 e. The Balaban J connectivity index is 3.07. The number of aromatic nitrogens is 2. The zero-order valence-corrected chi connectivity index (χ0v) is 14.9. The van der Waals surface area contributed by atoms with Gasteiger partial charge in [-0.1, -0.05) is 6.08 Å². The quantitative estimate of drug-likeness (QED) is 0.397.